The van der Waals surface area contributed by atoms with Crippen LogP contribution in [0.5, 0.6) is 5.75 Å². The molecule has 3 rings (SSSR count). The molecule has 1 N–H and O–H groups in total. The van der Waals surface area contributed by atoms with Gasteiger partial charge in [0.15, 0.2) is 5.65 Å². The van der Waals surface area contributed by atoms with E-state index in [2.05, 4.69) is 15.4 Å². The summed E-state index contributed by atoms with van der Waals surface area (Å²) in [5, 5.41) is 7.81. The number of pyridine rings is 1. The molecule has 27 heavy (non-hydrogen) atoms. The molecule has 140 valence electrons. The monoisotopic (exact) mass is 368 g/mol. The summed E-state index contributed by atoms with van der Waals surface area (Å²) in [5.74, 6) is -0.451. The fraction of sp³-hybridized carbons (Fsp3) is 0.263. The van der Waals surface area contributed by atoms with Crippen LogP contribution in [0, 0.1) is 13.8 Å². The molecule has 0 unspecified atom stereocenters. The lowest BCUT2D eigenvalue weighted by Gasteiger charge is -2.12. The molecule has 3 aromatic rings. The Hall–Kier alpha value is -3.42. The van der Waals surface area contributed by atoms with Crippen LogP contribution in [0.3, 0.4) is 0 Å². The number of carbonyl (C=O) groups is 2. The molecule has 0 atom stereocenters. The lowest BCUT2D eigenvalue weighted by atomic mass is 10.1. The van der Waals surface area contributed by atoms with Crippen LogP contribution in [0.15, 0.2) is 24.3 Å². The molecule has 2 heterocycles. The zero-order valence-corrected chi connectivity index (χ0v) is 15.8. The van der Waals surface area contributed by atoms with Crippen molar-refractivity contribution < 1.29 is 19.1 Å². The lowest BCUT2D eigenvalue weighted by Crippen LogP contribution is -2.16. The van der Waals surface area contributed by atoms with Crippen LogP contribution in [0.25, 0.3) is 11.0 Å². The highest BCUT2D eigenvalue weighted by molar-refractivity contribution is 6.14. The number of fused-ring (bicyclic) bond motifs is 1. The SMILES string of the molecule is COC(=O)c1cc(OC)ccc1NC(=O)c1cc(C)nc2c1c(C)nn2C. The number of carbonyl (C=O) groups excluding carboxylic acids is 2. The van der Waals surface area contributed by atoms with Gasteiger partial charge in [-0.05, 0) is 38.1 Å². The number of esters is 1. The maximum Gasteiger partial charge on any atom is 0.340 e. The maximum atomic E-state index is 13.0. The van der Waals surface area contributed by atoms with E-state index >= 15 is 0 Å². The second-order valence-electron chi connectivity index (χ2n) is 6.08. The van der Waals surface area contributed by atoms with E-state index in [-0.39, 0.29) is 11.5 Å². The number of anilines is 1. The van der Waals surface area contributed by atoms with E-state index in [9.17, 15) is 9.59 Å². The van der Waals surface area contributed by atoms with Gasteiger partial charge in [-0.3, -0.25) is 9.48 Å². The minimum atomic E-state index is -0.571. The summed E-state index contributed by atoms with van der Waals surface area (Å²) in [6.45, 7) is 3.63. The number of amides is 1. The van der Waals surface area contributed by atoms with Crippen molar-refractivity contribution in [2.75, 3.05) is 19.5 Å². The van der Waals surface area contributed by atoms with E-state index in [4.69, 9.17) is 9.47 Å². The highest BCUT2D eigenvalue weighted by Crippen LogP contribution is 2.26. The second-order valence-corrected chi connectivity index (χ2v) is 6.08. The van der Waals surface area contributed by atoms with Gasteiger partial charge in [-0.2, -0.15) is 5.10 Å². The van der Waals surface area contributed by atoms with Crippen LogP contribution in [-0.2, 0) is 11.8 Å². The highest BCUT2D eigenvalue weighted by Gasteiger charge is 2.20. The van der Waals surface area contributed by atoms with E-state index < -0.39 is 5.97 Å². The molecule has 1 amide bonds. The molecule has 2 aromatic heterocycles. The fourth-order valence-corrected chi connectivity index (χ4v) is 2.98. The normalized spacial score (nSPS) is 10.7. The second kappa shape index (κ2) is 7.06. The lowest BCUT2D eigenvalue weighted by molar-refractivity contribution is 0.0601. The molecule has 1 aromatic carbocycles. The predicted molar refractivity (Wildman–Crippen MR) is 100 cm³/mol. The molecule has 0 aliphatic heterocycles. The zero-order valence-electron chi connectivity index (χ0n) is 15.8. The van der Waals surface area contributed by atoms with Crippen molar-refractivity contribution >= 4 is 28.6 Å². The average molecular weight is 368 g/mol. The fourth-order valence-electron chi connectivity index (χ4n) is 2.98. The first-order valence-electron chi connectivity index (χ1n) is 8.24. The summed E-state index contributed by atoms with van der Waals surface area (Å²) in [6.07, 6.45) is 0. The Labute approximate surface area is 156 Å². The van der Waals surface area contributed by atoms with Gasteiger partial charge in [0.05, 0.1) is 42.1 Å². The molecule has 0 saturated carbocycles. The first-order chi connectivity index (χ1) is 12.8. The van der Waals surface area contributed by atoms with E-state index in [1.165, 1.54) is 20.3 Å². The zero-order chi connectivity index (χ0) is 19.7. The third kappa shape index (κ3) is 3.33. The van der Waals surface area contributed by atoms with Gasteiger partial charge in [0.25, 0.3) is 5.91 Å². The Bertz CT molecular complexity index is 1060. The molecule has 8 nitrogen and oxygen atoms in total. The number of hydrogen-bond donors (Lipinski definition) is 1. The van der Waals surface area contributed by atoms with Crippen LogP contribution < -0.4 is 10.1 Å². The van der Waals surface area contributed by atoms with Crippen molar-refractivity contribution in [3.8, 4) is 5.75 Å². The number of hydrogen-bond acceptors (Lipinski definition) is 6. The van der Waals surface area contributed by atoms with E-state index in [1.807, 2.05) is 13.8 Å². The van der Waals surface area contributed by atoms with E-state index in [0.29, 0.717) is 39.4 Å². The van der Waals surface area contributed by atoms with Crippen molar-refractivity contribution in [3.63, 3.8) is 0 Å². The van der Waals surface area contributed by atoms with Crippen molar-refractivity contribution in [2.45, 2.75) is 13.8 Å². The number of ether oxygens (including phenoxy) is 2. The molecule has 0 bridgehead atoms. The molecule has 0 aliphatic carbocycles. The van der Waals surface area contributed by atoms with Gasteiger partial charge in [0, 0.05) is 12.7 Å². The molecule has 0 fully saturated rings. The quantitative estimate of drug-likeness (QED) is 0.711. The van der Waals surface area contributed by atoms with Gasteiger partial charge in [0.2, 0.25) is 0 Å². The van der Waals surface area contributed by atoms with Crippen molar-refractivity contribution in [1.29, 1.82) is 0 Å². The number of benzene rings is 1. The van der Waals surface area contributed by atoms with Gasteiger partial charge in [-0.15, -0.1) is 0 Å². The first-order valence-corrected chi connectivity index (χ1v) is 8.24. The third-order valence-corrected chi connectivity index (χ3v) is 4.22. The van der Waals surface area contributed by atoms with Crippen molar-refractivity contribution in [3.05, 3.63) is 46.8 Å². The Balaban J connectivity index is 2.07. The number of rotatable bonds is 4. The number of aryl methyl sites for hydroxylation is 3. The molecule has 8 heteroatoms. The largest absolute Gasteiger partial charge is 0.497 e. The smallest absolute Gasteiger partial charge is 0.340 e. The maximum absolute atomic E-state index is 13.0. The Morgan fingerprint density at radius 1 is 1.11 bits per heavy atom. The van der Waals surface area contributed by atoms with Gasteiger partial charge in [0.1, 0.15) is 5.75 Å². The summed E-state index contributed by atoms with van der Waals surface area (Å²) in [4.78, 5) is 29.5. The first kappa shape index (κ1) is 18.4. The summed E-state index contributed by atoms with van der Waals surface area (Å²) in [7, 11) is 4.56. The molecule has 0 spiro atoms. The molecule has 0 saturated heterocycles. The Kier molecular flexibility index (Phi) is 4.81. The minimum Gasteiger partial charge on any atom is -0.497 e. The number of nitrogens with one attached hydrogen (secondary N) is 1. The Morgan fingerprint density at radius 2 is 1.85 bits per heavy atom. The number of nitrogens with zero attached hydrogens (tertiary/aromatic N) is 3. The van der Waals surface area contributed by atoms with Crippen LogP contribution in [0.1, 0.15) is 32.1 Å². The summed E-state index contributed by atoms with van der Waals surface area (Å²) < 4.78 is 11.6. The minimum absolute atomic E-state index is 0.204. The standard InChI is InChI=1S/C19H20N4O4/c1-10-8-14(16-11(2)22-23(3)17(16)20-10)18(24)21-15-7-6-12(26-4)9-13(15)19(25)27-5/h6-9H,1-5H3,(H,21,24). The third-order valence-electron chi connectivity index (χ3n) is 4.22. The van der Waals surface area contributed by atoms with Crippen LogP contribution >= 0.6 is 0 Å². The van der Waals surface area contributed by atoms with Gasteiger partial charge >= 0.3 is 5.97 Å². The van der Waals surface area contributed by atoms with Crippen LogP contribution in [-0.4, -0.2) is 40.9 Å². The molecular weight excluding hydrogens is 348 g/mol. The number of aromatic nitrogens is 3. The number of methoxy groups -OCH3 is 2. The van der Waals surface area contributed by atoms with Crippen LogP contribution in [0.4, 0.5) is 5.69 Å². The molecular formula is C19H20N4O4. The van der Waals surface area contributed by atoms with Gasteiger partial charge in [-0.1, -0.05) is 0 Å². The molecule has 0 aliphatic rings. The summed E-state index contributed by atoms with van der Waals surface area (Å²) in [6, 6.07) is 6.48. The molecule has 0 radical (unpaired) electrons. The summed E-state index contributed by atoms with van der Waals surface area (Å²) in [5.41, 5.74) is 2.99. The van der Waals surface area contributed by atoms with E-state index in [0.717, 1.165) is 0 Å². The topological polar surface area (TPSA) is 95.3 Å². The van der Waals surface area contributed by atoms with E-state index in [1.54, 1.807) is 29.9 Å². The van der Waals surface area contributed by atoms with Crippen molar-refractivity contribution in [2.24, 2.45) is 7.05 Å². The summed E-state index contributed by atoms with van der Waals surface area (Å²) >= 11 is 0. The van der Waals surface area contributed by atoms with Gasteiger partial charge in [-0.25, -0.2) is 9.78 Å². The van der Waals surface area contributed by atoms with Crippen molar-refractivity contribution in [1.82, 2.24) is 14.8 Å². The average Bonchev–Trinajstić information content (AvgIpc) is 2.94. The highest BCUT2D eigenvalue weighted by atomic mass is 16.5. The van der Waals surface area contributed by atoms with Gasteiger partial charge < -0.3 is 14.8 Å². The predicted octanol–water partition coefficient (Wildman–Crippen LogP) is 2.63. The van der Waals surface area contributed by atoms with Crippen LogP contribution in [0.2, 0.25) is 0 Å². The Morgan fingerprint density at radius 3 is 2.52 bits per heavy atom.